The Hall–Kier alpha value is 0.219. The molecule has 2 N–H and O–H groups in total. The van der Waals surface area contributed by atoms with Gasteiger partial charge in [-0.15, -0.1) is 13.2 Å². The Balaban J connectivity index is -0.000000180. The van der Waals surface area contributed by atoms with Crippen molar-refractivity contribution in [2.24, 2.45) is 0 Å². The SMILES string of the molecule is C=CCNC(=S)[S-].C=CCNC(=S)[S-].[Cu+2]. The van der Waals surface area contributed by atoms with E-state index in [0.717, 1.165) is 0 Å². The molecule has 2 nitrogen and oxygen atoms in total. The van der Waals surface area contributed by atoms with Gasteiger partial charge in [0.15, 0.2) is 0 Å². The Morgan fingerprint density at radius 1 is 1.00 bits per heavy atom. The van der Waals surface area contributed by atoms with Crippen LogP contribution in [0.3, 0.4) is 0 Å². The van der Waals surface area contributed by atoms with Gasteiger partial charge in [0.25, 0.3) is 0 Å². The molecule has 7 heteroatoms. The molecule has 0 aromatic rings. The van der Waals surface area contributed by atoms with Crippen molar-refractivity contribution in [3.05, 3.63) is 25.3 Å². The summed E-state index contributed by atoms with van der Waals surface area (Å²) in [5, 5.41) is 5.45. The van der Waals surface area contributed by atoms with Crippen LogP contribution in [0.25, 0.3) is 0 Å². The predicted molar refractivity (Wildman–Crippen MR) is 76.3 cm³/mol. The third kappa shape index (κ3) is 31.4. The minimum absolute atomic E-state index is 0. The fourth-order valence-electron chi connectivity index (χ4n) is 0.311. The molecule has 1 radical (unpaired) electrons. The largest absolute Gasteiger partial charge is 2.00 e. The molecule has 0 atom stereocenters. The maximum absolute atomic E-state index is 4.52. The molecular formula is C8H12CuN2S4. The van der Waals surface area contributed by atoms with Crippen molar-refractivity contribution in [1.82, 2.24) is 10.6 Å². The van der Waals surface area contributed by atoms with E-state index in [4.69, 9.17) is 0 Å². The Labute approximate surface area is 124 Å². The van der Waals surface area contributed by atoms with E-state index in [9.17, 15) is 0 Å². The smallest absolute Gasteiger partial charge is 0.412 e. The van der Waals surface area contributed by atoms with Crippen molar-refractivity contribution in [3.63, 3.8) is 0 Å². The number of thiocarbonyl (C=S) groups is 2. The van der Waals surface area contributed by atoms with Crippen LogP contribution in [-0.4, -0.2) is 21.7 Å². The predicted octanol–water partition coefficient (Wildman–Crippen LogP) is 1.19. The summed E-state index contributed by atoms with van der Waals surface area (Å²) in [6.45, 7) is 8.27. The van der Waals surface area contributed by atoms with Crippen molar-refractivity contribution in [2.75, 3.05) is 13.1 Å². The van der Waals surface area contributed by atoms with Gasteiger partial charge < -0.3 is 60.3 Å². The normalized spacial score (nSPS) is 6.93. The number of rotatable bonds is 4. The average Bonchev–Trinajstić information content (AvgIpc) is 2.12. The third-order valence-corrected chi connectivity index (χ3v) is 1.36. The molecule has 0 saturated heterocycles. The van der Waals surface area contributed by atoms with Crippen LogP contribution in [0.4, 0.5) is 0 Å². The second kappa shape index (κ2) is 16.6. The van der Waals surface area contributed by atoms with E-state index in [1.807, 2.05) is 0 Å². The molecule has 0 aliphatic heterocycles. The molecule has 0 bridgehead atoms. The van der Waals surface area contributed by atoms with Crippen LogP contribution in [0, 0.1) is 0 Å². The first-order valence-corrected chi connectivity index (χ1v) is 5.29. The van der Waals surface area contributed by atoms with E-state index >= 15 is 0 Å². The van der Waals surface area contributed by atoms with Crippen molar-refractivity contribution in [1.29, 1.82) is 0 Å². The summed E-state index contributed by atoms with van der Waals surface area (Å²) in [6.07, 6.45) is 3.41. The number of nitrogens with one attached hydrogen (secondary N) is 2. The zero-order valence-electron chi connectivity index (χ0n) is 7.92. The van der Waals surface area contributed by atoms with Gasteiger partial charge in [-0.05, 0) is 0 Å². The first-order chi connectivity index (χ1) is 6.54. The molecule has 0 rings (SSSR count). The molecule has 0 heterocycles. The summed E-state index contributed by atoms with van der Waals surface area (Å²) in [5.74, 6) is 0. The first-order valence-electron chi connectivity index (χ1n) is 3.66. The van der Waals surface area contributed by atoms with E-state index in [-0.39, 0.29) is 17.1 Å². The maximum atomic E-state index is 4.52. The molecule has 0 aliphatic rings. The van der Waals surface area contributed by atoms with E-state index in [0.29, 0.717) is 21.7 Å². The molecule has 0 fully saturated rings. The second-order valence-corrected chi connectivity index (χ2v) is 4.06. The summed E-state index contributed by atoms with van der Waals surface area (Å²) in [7, 11) is 0. The van der Waals surface area contributed by atoms with E-state index < -0.39 is 0 Å². The minimum atomic E-state index is 0. The topological polar surface area (TPSA) is 24.1 Å². The molecule has 0 unspecified atom stereocenters. The van der Waals surface area contributed by atoms with Gasteiger partial charge in [0, 0.05) is 13.1 Å². The van der Waals surface area contributed by atoms with E-state index in [1.54, 1.807) is 12.2 Å². The Bertz CT molecular complexity index is 187. The van der Waals surface area contributed by atoms with Crippen LogP contribution in [0.2, 0.25) is 0 Å². The van der Waals surface area contributed by atoms with Crippen molar-refractivity contribution >= 4 is 58.3 Å². The summed E-state index contributed by atoms with van der Waals surface area (Å²) in [6, 6.07) is 0. The molecule has 0 aromatic heterocycles. The summed E-state index contributed by atoms with van der Waals surface area (Å²) < 4.78 is 0.805. The zero-order chi connectivity index (χ0) is 11.4. The van der Waals surface area contributed by atoms with Crippen molar-refractivity contribution in [3.8, 4) is 0 Å². The molecule has 0 saturated carbocycles. The van der Waals surface area contributed by atoms with Crippen LogP contribution in [0.15, 0.2) is 25.3 Å². The summed E-state index contributed by atoms with van der Waals surface area (Å²) in [4.78, 5) is 0. The Morgan fingerprint density at radius 2 is 1.27 bits per heavy atom. The molecule has 89 valence electrons. The van der Waals surface area contributed by atoms with Gasteiger partial charge in [-0.25, -0.2) is 0 Å². The summed E-state index contributed by atoms with van der Waals surface area (Å²) >= 11 is 18.1. The van der Waals surface area contributed by atoms with Gasteiger partial charge >= 0.3 is 17.1 Å². The Morgan fingerprint density at radius 3 is 1.33 bits per heavy atom. The minimum Gasteiger partial charge on any atom is -0.412 e. The molecule has 0 aliphatic carbocycles. The number of hydrogen-bond donors (Lipinski definition) is 2. The first kappa shape index (κ1) is 20.6. The van der Waals surface area contributed by atoms with Crippen LogP contribution in [0.5, 0.6) is 0 Å². The molecular weight excluding hydrogens is 316 g/mol. The standard InChI is InChI=1S/2C4H7NS2.Cu/c2*1-2-3-5-4(6)7;/h2*2H,1,3H2,(H2,5,6,7);/q;;+2/p-2. The molecule has 0 aromatic carbocycles. The Kier molecular flexibility index (Phi) is 22.9. The van der Waals surface area contributed by atoms with Gasteiger partial charge in [0.1, 0.15) is 0 Å². The quantitative estimate of drug-likeness (QED) is 0.348. The van der Waals surface area contributed by atoms with Crippen LogP contribution >= 0.6 is 24.4 Å². The molecule has 15 heavy (non-hydrogen) atoms. The fourth-order valence-corrected chi connectivity index (χ4v) is 0.644. The monoisotopic (exact) mass is 327 g/mol. The van der Waals surface area contributed by atoms with Gasteiger partial charge in [0.05, 0.1) is 0 Å². The van der Waals surface area contributed by atoms with E-state index in [1.165, 1.54) is 0 Å². The third-order valence-electron chi connectivity index (χ3n) is 0.781. The summed E-state index contributed by atoms with van der Waals surface area (Å²) in [5.41, 5.74) is 0. The number of hydrogen-bond acceptors (Lipinski definition) is 4. The van der Waals surface area contributed by atoms with Gasteiger partial charge in [-0.2, -0.15) is 0 Å². The average molecular weight is 328 g/mol. The van der Waals surface area contributed by atoms with Crippen molar-refractivity contribution < 1.29 is 17.1 Å². The zero-order valence-corrected chi connectivity index (χ0v) is 12.1. The van der Waals surface area contributed by atoms with Gasteiger partial charge in [-0.3, -0.25) is 0 Å². The maximum Gasteiger partial charge on any atom is 2.00 e. The second-order valence-electron chi connectivity index (χ2n) is 1.91. The molecule has 0 amide bonds. The van der Waals surface area contributed by atoms with Gasteiger partial charge in [0.2, 0.25) is 0 Å². The van der Waals surface area contributed by atoms with Crippen molar-refractivity contribution in [2.45, 2.75) is 0 Å². The van der Waals surface area contributed by atoms with Crippen LogP contribution in [0.1, 0.15) is 0 Å². The fraction of sp³-hybridized carbons (Fsp3) is 0.250. The molecule has 0 spiro atoms. The van der Waals surface area contributed by atoms with Crippen LogP contribution in [-0.2, 0) is 42.3 Å². The van der Waals surface area contributed by atoms with Gasteiger partial charge in [-0.1, -0.05) is 20.8 Å². The van der Waals surface area contributed by atoms with E-state index in [2.05, 4.69) is 73.5 Å². The van der Waals surface area contributed by atoms with Crippen LogP contribution < -0.4 is 10.6 Å².